The molecule has 0 radical (unpaired) electrons. The standard InChI is InChI=1S/C15H21ClF3NO/c16-1-2-20(8-15(17,18)19)14(21)13-11-4-9-3-10(6-11)7-12(13)5-9/h9-13H,1-8H2. The molecule has 0 aromatic heterocycles. The van der Waals surface area contributed by atoms with E-state index in [2.05, 4.69) is 0 Å². The Labute approximate surface area is 128 Å². The van der Waals surface area contributed by atoms with E-state index in [0.717, 1.165) is 30.6 Å². The number of hydrogen-bond donors (Lipinski definition) is 0. The number of alkyl halides is 4. The summed E-state index contributed by atoms with van der Waals surface area (Å²) in [4.78, 5) is 13.6. The second-order valence-corrected chi connectivity index (χ2v) is 7.40. The Morgan fingerprint density at radius 3 is 2.00 bits per heavy atom. The number of carbonyl (C=O) groups is 1. The smallest absolute Gasteiger partial charge is 0.332 e. The molecular formula is C15H21ClF3NO. The highest BCUT2D eigenvalue weighted by atomic mass is 35.5. The van der Waals surface area contributed by atoms with Crippen molar-refractivity contribution in [2.45, 2.75) is 38.3 Å². The first kappa shape index (κ1) is 15.4. The Kier molecular flexibility index (Phi) is 4.15. The molecule has 0 atom stereocenters. The SMILES string of the molecule is O=C(C1C2CC3CC(C2)CC1C3)N(CCCl)CC(F)(F)F. The fraction of sp³-hybridized carbons (Fsp3) is 0.933. The first-order valence-electron chi connectivity index (χ1n) is 7.79. The minimum atomic E-state index is -4.35. The van der Waals surface area contributed by atoms with Crippen LogP contribution in [0.15, 0.2) is 0 Å². The summed E-state index contributed by atoms with van der Waals surface area (Å²) in [5.74, 6) is 1.58. The summed E-state index contributed by atoms with van der Waals surface area (Å²) in [6.45, 7) is -1.18. The van der Waals surface area contributed by atoms with Gasteiger partial charge in [-0.15, -0.1) is 11.6 Å². The summed E-state index contributed by atoms with van der Waals surface area (Å²) < 4.78 is 38.0. The molecule has 4 fully saturated rings. The topological polar surface area (TPSA) is 20.3 Å². The molecule has 6 heteroatoms. The summed E-state index contributed by atoms with van der Waals surface area (Å²) in [6.07, 6.45) is 1.04. The highest BCUT2D eigenvalue weighted by molar-refractivity contribution is 6.18. The third kappa shape index (κ3) is 3.17. The molecule has 0 heterocycles. The van der Waals surface area contributed by atoms with Crippen LogP contribution in [-0.4, -0.2) is 36.0 Å². The molecule has 4 aliphatic carbocycles. The first-order valence-corrected chi connectivity index (χ1v) is 8.32. The molecule has 4 aliphatic rings. The number of rotatable bonds is 4. The van der Waals surface area contributed by atoms with Gasteiger partial charge < -0.3 is 4.90 Å². The van der Waals surface area contributed by atoms with Crippen molar-refractivity contribution in [2.24, 2.45) is 29.6 Å². The van der Waals surface area contributed by atoms with Crippen molar-refractivity contribution in [3.05, 3.63) is 0 Å². The zero-order chi connectivity index (χ0) is 15.2. The van der Waals surface area contributed by atoms with E-state index in [1.165, 1.54) is 6.42 Å². The van der Waals surface area contributed by atoms with Gasteiger partial charge in [-0.05, 0) is 55.8 Å². The maximum atomic E-state index is 12.7. The lowest BCUT2D eigenvalue weighted by atomic mass is 9.51. The van der Waals surface area contributed by atoms with Crippen molar-refractivity contribution >= 4 is 17.5 Å². The summed E-state index contributed by atoms with van der Waals surface area (Å²) in [6, 6.07) is 0. The Hall–Kier alpha value is -0.450. The van der Waals surface area contributed by atoms with Crippen LogP contribution >= 0.6 is 11.6 Å². The number of amides is 1. The van der Waals surface area contributed by atoms with Gasteiger partial charge >= 0.3 is 6.18 Å². The second kappa shape index (κ2) is 5.64. The van der Waals surface area contributed by atoms with Crippen LogP contribution in [-0.2, 0) is 4.79 Å². The minimum Gasteiger partial charge on any atom is -0.332 e. The maximum Gasteiger partial charge on any atom is 0.406 e. The van der Waals surface area contributed by atoms with Crippen LogP contribution in [0.5, 0.6) is 0 Å². The molecule has 0 unspecified atom stereocenters. The van der Waals surface area contributed by atoms with Gasteiger partial charge in [0.15, 0.2) is 0 Å². The molecule has 2 nitrogen and oxygen atoms in total. The van der Waals surface area contributed by atoms with Crippen LogP contribution in [0, 0.1) is 29.6 Å². The molecule has 120 valence electrons. The Bertz CT molecular complexity index is 384. The fourth-order valence-electron chi connectivity index (χ4n) is 5.12. The van der Waals surface area contributed by atoms with E-state index in [0.29, 0.717) is 23.7 Å². The quantitative estimate of drug-likeness (QED) is 0.723. The lowest BCUT2D eigenvalue weighted by molar-refractivity contribution is -0.171. The lowest BCUT2D eigenvalue weighted by Gasteiger charge is -2.54. The number of carbonyl (C=O) groups excluding carboxylic acids is 1. The third-order valence-electron chi connectivity index (χ3n) is 5.55. The highest BCUT2D eigenvalue weighted by Gasteiger charge is 2.52. The van der Waals surface area contributed by atoms with Crippen LogP contribution < -0.4 is 0 Å². The largest absolute Gasteiger partial charge is 0.406 e. The summed E-state index contributed by atoms with van der Waals surface area (Å²) in [5, 5.41) is 0. The predicted molar refractivity (Wildman–Crippen MR) is 73.9 cm³/mol. The molecule has 0 aliphatic heterocycles. The summed E-state index contributed by atoms with van der Waals surface area (Å²) >= 11 is 5.60. The maximum absolute atomic E-state index is 12.7. The van der Waals surface area contributed by atoms with E-state index in [4.69, 9.17) is 11.6 Å². The van der Waals surface area contributed by atoms with E-state index in [-0.39, 0.29) is 24.2 Å². The van der Waals surface area contributed by atoms with Crippen LogP contribution in [0.25, 0.3) is 0 Å². The molecule has 0 N–H and O–H groups in total. The molecule has 0 aromatic rings. The fourth-order valence-corrected chi connectivity index (χ4v) is 5.33. The average molecular weight is 324 g/mol. The first-order chi connectivity index (χ1) is 9.87. The van der Waals surface area contributed by atoms with Crippen molar-refractivity contribution in [2.75, 3.05) is 19.0 Å². The van der Waals surface area contributed by atoms with Gasteiger partial charge in [0.2, 0.25) is 5.91 Å². The second-order valence-electron chi connectivity index (χ2n) is 7.02. The number of hydrogen-bond acceptors (Lipinski definition) is 1. The predicted octanol–water partition coefficient (Wildman–Crippen LogP) is 3.69. The van der Waals surface area contributed by atoms with Gasteiger partial charge in [-0.25, -0.2) is 0 Å². The third-order valence-corrected chi connectivity index (χ3v) is 5.72. The Morgan fingerprint density at radius 2 is 1.57 bits per heavy atom. The number of nitrogens with zero attached hydrogens (tertiary/aromatic N) is 1. The van der Waals surface area contributed by atoms with Crippen molar-refractivity contribution in [1.82, 2.24) is 4.90 Å². The minimum absolute atomic E-state index is 0.0112. The zero-order valence-electron chi connectivity index (χ0n) is 11.9. The van der Waals surface area contributed by atoms with Crippen LogP contribution in [0.2, 0.25) is 0 Å². The normalized spacial score (nSPS) is 37.8. The lowest BCUT2D eigenvalue weighted by Crippen LogP contribution is -2.53. The molecule has 0 spiro atoms. The summed E-state index contributed by atoms with van der Waals surface area (Å²) in [7, 11) is 0. The van der Waals surface area contributed by atoms with Gasteiger partial charge in [0.05, 0.1) is 0 Å². The van der Waals surface area contributed by atoms with Crippen LogP contribution in [0.4, 0.5) is 13.2 Å². The zero-order valence-corrected chi connectivity index (χ0v) is 12.7. The van der Waals surface area contributed by atoms with Crippen molar-refractivity contribution in [3.8, 4) is 0 Å². The van der Waals surface area contributed by atoms with Gasteiger partial charge in [-0.2, -0.15) is 13.2 Å². The highest BCUT2D eigenvalue weighted by Crippen LogP contribution is 2.56. The molecule has 0 aromatic carbocycles. The van der Waals surface area contributed by atoms with Crippen molar-refractivity contribution < 1.29 is 18.0 Å². The van der Waals surface area contributed by atoms with E-state index >= 15 is 0 Å². The van der Waals surface area contributed by atoms with E-state index in [1.54, 1.807) is 0 Å². The van der Waals surface area contributed by atoms with E-state index in [1.807, 2.05) is 0 Å². The van der Waals surface area contributed by atoms with Crippen molar-refractivity contribution in [1.29, 1.82) is 0 Å². The Balaban J connectivity index is 1.73. The van der Waals surface area contributed by atoms with Crippen molar-refractivity contribution in [3.63, 3.8) is 0 Å². The molecule has 0 saturated heterocycles. The van der Waals surface area contributed by atoms with Gasteiger partial charge in [0.25, 0.3) is 0 Å². The molecule has 1 amide bonds. The Morgan fingerprint density at radius 1 is 1.05 bits per heavy atom. The molecule has 21 heavy (non-hydrogen) atoms. The van der Waals surface area contributed by atoms with Gasteiger partial charge in [0, 0.05) is 18.3 Å². The summed E-state index contributed by atoms with van der Waals surface area (Å²) in [5.41, 5.74) is 0. The monoisotopic (exact) mass is 323 g/mol. The van der Waals surface area contributed by atoms with Gasteiger partial charge in [-0.1, -0.05) is 0 Å². The van der Waals surface area contributed by atoms with Crippen LogP contribution in [0.1, 0.15) is 32.1 Å². The molecule has 4 saturated carbocycles. The van der Waals surface area contributed by atoms with E-state index in [9.17, 15) is 18.0 Å². The molecule has 4 bridgehead atoms. The van der Waals surface area contributed by atoms with Crippen LogP contribution in [0.3, 0.4) is 0 Å². The number of halogens is 4. The van der Waals surface area contributed by atoms with E-state index < -0.39 is 12.7 Å². The van der Waals surface area contributed by atoms with Gasteiger partial charge in [0.1, 0.15) is 6.54 Å². The molecule has 4 rings (SSSR count). The van der Waals surface area contributed by atoms with Gasteiger partial charge in [-0.3, -0.25) is 4.79 Å². The average Bonchev–Trinajstić information content (AvgIpc) is 2.35. The molecular weight excluding hydrogens is 303 g/mol.